The molecule has 4 heteroatoms. The molecule has 4 nitrogen and oxygen atoms in total. The first-order valence-electron chi connectivity index (χ1n) is 6.17. The molecule has 0 heterocycles. The number of fused-ring (bicyclic) bond motifs is 2. The lowest BCUT2D eigenvalue weighted by Gasteiger charge is -2.10. The predicted octanol–water partition coefficient (Wildman–Crippen LogP) is 1.95. The summed E-state index contributed by atoms with van der Waals surface area (Å²) in [6.07, 6.45) is 0.226. The largest absolute Gasteiger partial charge is 0.496 e. The Morgan fingerprint density at radius 3 is 2.20 bits per heavy atom. The fourth-order valence-electron chi connectivity index (χ4n) is 1.93. The molecule has 2 aliphatic carbocycles. The normalized spacial score (nSPS) is 10.9. The molecule has 0 aliphatic heterocycles. The van der Waals surface area contributed by atoms with Crippen molar-refractivity contribution in [3.63, 3.8) is 0 Å². The summed E-state index contributed by atoms with van der Waals surface area (Å²) in [7, 11) is 1.57. The van der Waals surface area contributed by atoms with Crippen LogP contribution in [0.1, 0.15) is 21.5 Å². The van der Waals surface area contributed by atoms with Gasteiger partial charge in [-0.1, -0.05) is 36.4 Å². The van der Waals surface area contributed by atoms with Crippen molar-refractivity contribution < 1.29 is 14.3 Å². The molecule has 0 aromatic heterocycles. The SMILES string of the molecule is COc1ccccc1CC(N)=O.O=C1c2cccc1c2. The molecule has 0 atom stereocenters. The summed E-state index contributed by atoms with van der Waals surface area (Å²) in [5.41, 5.74) is 7.58. The fourth-order valence-corrected chi connectivity index (χ4v) is 1.93. The second-order valence-corrected chi connectivity index (χ2v) is 4.36. The molecule has 102 valence electrons. The molecule has 2 aliphatic rings. The highest BCUT2D eigenvalue weighted by Crippen LogP contribution is 2.19. The van der Waals surface area contributed by atoms with Crippen LogP contribution in [-0.2, 0) is 11.2 Å². The minimum Gasteiger partial charge on any atom is -0.496 e. The minimum absolute atomic E-state index is 0.201. The van der Waals surface area contributed by atoms with Gasteiger partial charge >= 0.3 is 0 Å². The van der Waals surface area contributed by atoms with Crippen LogP contribution in [0.2, 0.25) is 0 Å². The van der Waals surface area contributed by atoms with Gasteiger partial charge in [-0.25, -0.2) is 0 Å². The quantitative estimate of drug-likeness (QED) is 0.790. The Morgan fingerprint density at radius 2 is 1.75 bits per heavy atom. The maximum Gasteiger partial charge on any atom is 0.221 e. The zero-order valence-corrected chi connectivity index (χ0v) is 11.1. The number of benzene rings is 2. The minimum atomic E-state index is -0.348. The van der Waals surface area contributed by atoms with E-state index in [0.29, 0.717) is 5.75 Å². The number of hydrogen-bond acceptors (Lipinski definition) is 3. The van der Waals surface area contributed by atoms with Gasteiger partial charge in [-0.05, 0) is 12.1 Å². The van der Waals surface area contributed by atoms with Gasteiger partial charge in [-0.2, -0.15) is 0 Å². The maximum absolute atomic E-state index is 10.7. The lowest BCUT2D eigenvalue weighted by Crippen LogP contribution is -2.14. The van der Waals surface area contributed by atoms with E-state index in [9.17, 15) is 9.59 Å². The van der Waals surface area contributed by atoms with Crippen LogP contribution in [-0.4, -0.2) is 18.8 Å². The molecule has 0 fully saturated rings. The van der Waals surface area contributed by atoms with Crippen LogP contribution in [0.3, 0.4) is 0 Å². The Morgan fingerprint density at radius 1 is 1.10 bits per heavy atom. The molecular weight excluding hydrogens is 254 g/mol. The van der Waals surface area contributed by atoms with E-state index >= 15 is 0 Å². The van der Waals surface area contributed by atoms with Gasteiger partial charge in [0.15, 0.2) is 5.78 Å². The zero-order valence-electron chi connectivity index (χ0n) is 11.1. The third kappa shape index (κ3) is 3.03. The van der Waals surface area contributed by atoms with Gasteiger partial charge in [0, 0.05) is 16.7 Å². The Labute approximate surface area is 117 Å². The first-order chi connectivity index (χ1) is 9.61. The molecule has 0 saturated carbocycles. The fraction of sp³-hybridized carbons (Fsp3) is 0.125. The summed E-state index contributed by atoms with van der Waals surface area (Å²) in [6, 6.07) is 14.8. The van der Waals surface area contributed by atoms with Crippen LogP contribution >= 0.6 is 0 Å². The maximum atomic E-state index is 10.7. The Bertz CT molecular complexity index is 621. The first-order valence-corrected chi connectivity index (χ1v) is 6.17. The number of carbonyl (C=O) groups excluding carboxylic acids is 2. The summed E-state index contributed by atoms with van der Waals surface area (Å²) in [6.45, 7) is 0. The lowest BCUT2D eigenvalue weighted by atomic mass is 9.92. The van der Waals surface area contributed by atoms with Crippen molar-refractivity contribution in [1.82, 2.24) is 0 Å². The molecule has 2 N–H and O–H groups in total. The van der Waals surface area contributed by atoms with Crippen molar-refractivity contribution in [3.05, 3.63) is 65.2 Å². The van der Waals surface area contributed by atoms with Crippen molar-refractivity contribution in [2.75, 3.05) is 7.11 Å². The van der Waals surface area contributed by atoms with E-state index < -0.39 is 0 Å². The third-order valence-corrected chi connectivity index (χ3v) is 2.94. The number of ether oxygens (including phenoxy) is 1. The van der Waals surface area contributed by atoms with Gasteiger partial charge < -0.3 is 10.5 Å². The third-order valence-electron chi connectivity index (χ3n) is 2.94. The highest BCUT2D eigenvalue weighted by molar-refractivity contribution is 6.16. The highest BCUT2D eigenvalue weighted by Gasteiger charge is 2.17. The van der Waals surface area contributed by atoms with E-state index in [1.54, 1.807) is 13.2 Å². The molecule has 0 saturated heterocycles. The monoisotopic (exact) mass is 269 g/mol. The van der Waals surface area contributed by atoms with E-state index in [0.717, 1.165) is 16.7 Å². The standard InChI is InChI=1S/C9H11NO2.C7H4O/c1-12-8-5-3-2-4-7(8)6-9(10)11;8-7-5-2-1-3-6(7)4-5/h2-5H,6H2,1H3,(H2,10,11);1-4H. The second kappa shape index (κ2) is 6.02. The van der Waals surface area contributed by atoms with Gasteiger partial charge in [-0.15, -0.1) is 0 Å². The number of para-hydroxylation sites is 1. The molecule has 0 unspecified atom stereocenters. The summed E-state index contributed by atoms with van der Waals surface area (Å²) in [4.78, 5) is 21.3. The van der Waals surface area contributed by atoms with E-state index in [4.69, 9.17) is 10.5 Å². The Hall–Kier alpha value is -2.62. The van der Waals surface area contributed by atoms with Crippen LogP contribution in [0, 0.1) is 0 Å². The van der Waals surface area contributed by atoms with Crippen molar-refractivity contribution in [2.45, 2.75) is 6.42 Å². The number of ketones is 1. The number of nitrogens with two attached hydrogens (primary N) is 1. The number of amides is 1. The van der Waals surface area contributed by atoms with Gasteiger partial charge in [0.2, 0.25) is 5.91 Å². The molecule has 2 bridgehead atoms. The summed E-state index contributed by atoms with van der Waals surface area (Å²) < 4.78 is 5.04. The number of hydrogen-bond donors (Lipinski definition) is 1. The number of rotatable bonds is 3. The number of carbonyl (C=O) groups is 2. The van der Waals surface area contributed by atoms with Gasteiger partial charge in [0.25, 0.3) is 0 Å². The van der Waals surface area contributed by atoms with E-state index in [1.807, 2.05) is 42.5 Å². The van der Waals surface area contributed by atoms with Crippen molar-refractivity contribution in [2.24, 2.45) is 5.73 Å². The van der Waals surface area contributed by atoms with E-state index in [2.05, 4.69) is 0 Å². The van der Waals surface area contributed by atoms with Gasteiger partial charge in [-0.3, -0.25) is 9.59 Å². The predicted molar refractivity (Wildman–Crippen MR) is 75.8 cm³/mol. The smallest absolute Gasteiger partial charge is 0.221 e. The summed E-state index contributed by atoms with van der Waals surface area (Å²) in [5, 5.41) is 0. The number of methoxy groups -OCH3 is 1. The molecule has 4 rings (SSSR count). The molecule has 2 aromatic rings. The van der Waals surface area contributed by atoms with E-state index in [-0.39, 0.29) is 18.1 Å². The lowest BCUT2D eigenvalue weighted by molar-refractivity contribution is -0.117. The summed E-state index contributed by atoms with van der Waals surface area (Å²) >= 11 is 0. The van der Waals surface area contributed by atoms with Gasteiger partial charge in [0.1, 0.15) is 5.75 Å². The average molecular weight is 269 g/mol. The van der Waals surface area contributed by atoms with Crippen LogP contribution < -0.4 is 10.5 Å². The molecule has 0 spiro atoms. The van der Waals surface area contributed by atoms with Crippen LogP contribution in [0.4, 0.5) is 0 Å². The average Bonchev–Trinajstić information content (AvgIpc) is 2.48. The molecule has 2 aromatic carbocycles. The van der Waals surface area contributed by atoms with Crippen LogP contribution in [0.25, 0.3) is 0 Å². The van der Waals surface area contributed by atoms with Crippen LogP contribution in [0.5, 0.6) is 5.75 Å². The molecule has 20 heavy (non-hydrogen) atoms. The van der Waals surface area contributed by atoms with Crippen molar-refractivity contribution in [1.29, 1.82) is 0 Å². The molecular formula is C16H15NO3. The van der Waals surface area contributed by atoms with Crippen LogP contribution in [0.15, 0.2) is 48.5 Å². The highest BCUT2D eigenvalue weighted by atomic mass is 16.5. The Kier molecular flexibility index (Phi) is 4.15. The van der Waals surface area contributed by atoms with Crippen molar-refractivity contribution >= 4 is 11.7 Å². The van der Waals surface area contributed by atoms with Crippen molar-refractivity contribution in [3.8, 4) is 5.75 Å². The van der Waals surface area contributed by atoms with Gasteiger partial charge in [0.05, 0.1) is 13.5 Å². The summed E-state index contributed by atoms with van der Waals surface area (Å²) in [5.74, 6) is 0.559. The first kappa shape index (κ1) is 13.8. The second-order valence-electron chi connectivity index (χ2n) is 4.36. The molecule has 1 amide bonds. The number of primary amides is 1. The zero-order chi connectivity index (χ0) is 14.5. The molecule has 0 radical (unpaired) electrons. The topological polar surface area (TPSA) is 69.4 Å². The Balaban J connectivity index is 0.000000157. The van der Waals surface area contributed by atoms with E-state index in [1.165, 1.54) is 0 Å².